The van der Waals surface area contributed by atoms with Crippen molar-refractivity contribution in [2.45, 2.75) is 89.8 Å². The lowest BCUT2D eigenvalue weighted by Crippen LogP contribution is -2.51. The summed E-state index contributed by atoms with van der Waals surface area (Å²) in [5.41, 5.74) is -13.4. The third kappa shape index (κ3) is 5.92. The Morgan fingerprint density at radius 3 is 1.21 bits per heavy atom. The third-order valence-corrected chi connectivity index (χ3v) is 17.4. The smallest absolute Gasteiger partial charge is 0.305 e. The fraction of sp³-hybridized carbons (Fsp3) is 0.333. The van der Waals surface area contributed by atoms with Crippen molar-refractivity contribution in [3.63, 3.8) is 0 Å². The number of nitrogens with zero attached hydrogens (tertiary/aromatic N) is 1. The molecule has 7 rings (SSSR count). The van der Waals surface area contributed by atoms with Crippen LogP contribution in [0, 0.1) is 93.1 Å². The lowest BCUT2D eigenvalue weighted by atomic mass is 9.90. The van der Waals surface area contributed by atoms with E-state index < -0.39 is 185 Å². The maximum atomic E-state index is 17.3. The van der Waals surface area contributed by atoms with Crippen molar-refractivity contribution in [3.8, 4) is 11.1 Å². The van der Waals surface area contributed by atoms with Gasteiger partial charge < -0.3 is 4.57 Å². The summed E-state index contributed by atoms with van der Waals surface area (Å²) in [5, 5.41) is -11.0. The normalized spacial score (nSPS) is 13.7. The molecule has 0 N–H and O–H groups in total. The Labute approximate surface area is 340 Å². The second kappa shape index (κ2) is 15.7. The Balaban J connectivity index is 1.68. The summed E-state index contributed by atoms with van der Waals surface area (Å²) in [4.78, 5) is 0. The van der Waals surface area contributed by atoms with Crippen LogP contribution < -0.4 is 4.57 Å². The van der Waals surface area contributed by atoms with E-state index in [1.165, 1.54) is 13.8 Å². The molecule has 0 radical (unpaired) electrons. The highest BCUT2D eigenvalue weighted by Gasteiger charge is 2.56. The molecule has 0 fully saturated rings. The SMILES string of the molecule is CCCCCCCCC[Si](CC)(CC)N(c1c(F)c(F)c2c(c1F)C(F)(F)c1c(F)c(F)c(F)c(F)c1-2)c1c(F)c(F)c2c(F)c(F)c3c(F)c(F)c(F)c4c(F)c(F)c1c2c34. The van der Waals surface area contributed by atoms with Crippen molar-refractivity contribution in [1.82, 2.24) is 0 Å². The number of rotatable bonds is 13. The van der Waals surface area contributed by atoms with Crippen molar-refractivity contribution < 1.29 is 79.0 Å². The lowest BCUT2D eigenvalue weighted by Gasteiger charge is -2.44. The Bertz CT molecular complexity index is 2830. The van der Waals surface area contributed by atoms with Gasteiger partial charge in [-0.3, -0.25) is 0 Å². The van der Waals surface area contributed by atoms with Crippen molar-refractivity contribution in [1.29, 1.82) is 0 Å². The first-order valence-electron chi connectivity index (χ1n) is 19.3. The van der Waals surface area contributed by atoms with Crippen LogP contribution in [0.5, 0.6) is 0 Å². The van der Waals surface area contributed by atoms with Crippen molar-refractivity contribution in [3.05, 3.63) is 104 Å². The molecule has 1 nitrogen and oxygen atoms in total. The maximum absolute atomic E-state index is 17.3. The Kier molecular flexibility index (Phi) is 11.5. The second-order valence-electron chi connectivity index (χ2n) is 15.2. The van der Waals surface area contributed by atoms with Crippen LogP contribution in [-0.2, 0) is 5.92 Å². The average molecular weight is 918 g/mol. The highest BCUT2D eigenvalue weighted by atomic mass is 28.3. The standard InChI is InChI=1S/C42H29F18NSi/c1-4-7-8-9-10-11-12-13-62(5-2,6-3)61(41-34(53)23-17(25(44)39(41)58)16-22(42(23,59)60)33(52)37(56)36(55)24(16)43)40-21-15-14-18(26(45)27(46)20(15)31(50)38(40)57)29(48)35(54)30(49)19(14)28(47)32(21)51/h4-13H2,1-3H3. The second-order valence-corrected chi connectivity index (χ2v) is 20.0. The summed E-state index contributed by atoms with van der Waals surface area (Å²) in [6, 6.07) is -1.21. The number of benzene rings is 6. The first kappa shape index (κ1) is 45.2. The molecular weight excluding hydrogens is 889 g/mol. The Morgan fingerprint density at radius 2 is 0.710 bits per heavy atom. The molecule has 0 atom stereocenters. The number of fused-ring (bicyclic) bond motifs is 3. The number of alkyl halides is 2. The van der Waals surface area contributed by atoms with E-state index in [9.17, 15) is 13.2 Å². The van der Waals surface area contributed by atoms with E-state index >= 15 is 65.9 Å². The van der Waals surface area contributed by atoms with Crippen molar-refractivity contribution >= 4 is 51.9 Å². The van der Waals surface area contributed by atoms with Gasteiger partial charge in [0.15, 0.2) is 101 Å². The number of anilines is 2. The fourth-order valence-electron chi connectivity index (χ4n) is 9.01. The van der Waals surface area contributed by atoms with E-state index in [1.807, 2.05) is 6.92 Å². The van der Waals surface area contributed by atoms with Crippen LogP contribution in [0.3, 0.4) is 0 Å². The molecule has 6 aromatic carbocycles. The molecule has 6 aromatic rings. The zero-order valence-corrected chi connectivity index (χ0v) is 33.3. The molecule has 0 bridgehead atoms. The van der Waals surface area contributed by atoms with Crippen LogP contribution in [0.4, 0.5) is 90.4 Å². The van der Waals surface area contributed by atoms with Gasteiger partial charge in [0.05, 0.1) is 33.0 Å². The lowest BCUT2D eigenvalue weighted by molar-refractivity contribution is 0.0391. The Morgan fingerprint density at radius 1 is 0.355 bits per heavy atom. The molecular formula is C42H29F18NSi. The molecule has 0 spiro atoms. The molecule has 0 heterocycles. The molecule has 0 unspecified atom stereocenters. The molecule has 1 aliphatic rings. The zero-order chi connectivity index (χ0) is 45.8. The number of unbranched alkanes of at least 4 members (excludes halogenated alkanes) is 6. The van der Waals surface area contributed by atoms with E-state index in [0.717, 1.165) is 19.3 Å². The summed E-state index contributed by atoms with van der Waals surface area (Å²) in [6.07, 6.45) is 3.93. The van der Waals surface area contributed by atoms with Gasteiger partial charge in [0.1, 0.15) is 5.69 Å². The van der Waals surface area contributed by atoms with Gasteiger partial charge in [0.2, 0.25) is 0 Å². The maximum Gasteiger partial charge on any atom is 0.305 e. The summed E-state index contributed by atoms with van der Waals surface area (Å²) in [7, 11) is -4.48. The van der Waals surface area contributed by atoms with E-state index in [4.69, 9.17) is 0 Å². The van der Waals surface area contributed by atoms with Gasteiger partial charge in [-0.25, -0.2) is 70.2 Å². The Hall–Kier alpha value is -4.88. The van der Waals surface area contributed by atoms with Crippen LogP contribution in [0.25, 0.3) is 43.4 Å². The van der Waals surface area contributed by atoms with Crippen LogP contribution in [0.1, 0.15) is 76.8 Å². The molecule has 332 valence electrons. The van der Waals surface area contributed by atoms with Gasteiger partial charge >= 0.3 is 5.92 Å². The van der Waals surface area contributed by atoms with E-state index in [2.05, 4.69) is 0 Å². The molecule has 0 aromatic heterocycles. The predicted molar refractivity (Wildman–Crippen MR) is 196 cm³/mol. The molecule has 1 aliphatic carbocycles. The molecule has 0 aliphatic heterocycles. The van der Waals surface area contributed by atoms with Gasteiger partial charge in [-0.1, -0.05) is 65.7 Å². The summed E-state index contributed by atoms with van der Waals surface area (Å²) >= 11 is 0. The zero-order valence-electron chi connectivity index (χ0n) is 32.3. The number of hydrogen-bond donors (Lipinski definition) is 0. The van der Waals surface area contributed by atoms with E-state index in [1.54, 1.807) is 0 Å². The van der Waals surface area contributed by atoms with Gasteiger partial charge in [0, 0.05) is 27.3 Å². The van der Waals surface area contributed by atoms with E-state index in [0.29, 0.717) is 19.3 Å². The monoisotopic (exact) mass is 917 g/mol. The molecule has 0 amide bonds. The first-order chi connectivity index (χ1) is 29.1. The van der Waals surface area contributed by atoms with Gasteiger partial charge in [-0.05, 0) is 18.1 Å². The fourth-order valence-corrected chi connectivity index (χ4v) is 13.3. The van der Waals surface area contributed by atoms with Crippen molar-refractivity contribution in [2.75, 3.05) is 4.57 Å². The first-order valence-corrected chi connectivity index (χ1v) is 21.8. The predicted octanol–water partition coefficient (Wildman–Crippen LogP) is 15.8. The summed E-state index contributed by atoms with van der Waals surface area (Å²) in [6.45, 7) is 4.48. The minimum Gasteiger partial charge on any atom is -0.361 e. The quantitative estimate of drug-likeness (QED) is 0.0279. The summed E-state index contributed by atoms with van der Waals surface area (Å²) in [5.74, 6) is -48.2. The minimum absolute atomic E-state index is 0.0199. The molecule has 20 heteroatoms. The molecule has 0 saturated carbocycles. The summed E-state index contributed by atoms with van der Waals surface area (Å²) < 4.78 is 285. The van der Waals surface area contributed by atoms with Crippen LogP contribution >= 0.6 is 0 Å². The van der Waals surface area contributed by atoms with Gasteiger partial charge in [0.25, 0.3) is 0 Å². The third-order valence-electron chi connectivity index (χ3n) is 12.1. The number of halogens is 18. The highest BCUT2D eigenvalue weighted by Crippen LogP contribution is 2.59. The topological polar surface area (TPSA) is 3.24 Å². The van der Waals surface area contributed by atoms with Gasteiger partial charge in [-0.15, -0.1) is 0 Å². The van der Waals surface area contributed by atoms with Crippen LogP contribution in [0.15, 0.2) is 0 Å². The van der Waals surface area contributed by atoms with Crippen molar-refractivity contribution in [2.24, 2.45) is 0 Å². The largest absolute Gasteiger partial charge is 0.361 e. The average Bonchev–Trinajstić information content (AvgIpc) is 3.49. The van der Waals surface area contributed by atoms with Crippen LogP contribution in [0.2, 0.25) is 18.1 Å². The van der Waals surface area contributed by atoms with Crippen LogP contribution in [-0.4, -0.2) is 8.24 Å². The van der Waals surface area contributed by atoms with E-state index in [-0.39, 0.29) is 17.0 Å². The molecule has 0 saturated heterocycles. The number of hydrogen-bond acceptors (Lipinski definition) is 1. The molecule has 62 heavy (non-hydrogen) atoms. The minimum atomic E-state index is -5.42. The van der Waals surface area contributed by atoms with Gasteiger partial charge in [-0.2, -0.15) is 8.78 Å². The highest BCUT2D eigenvalue weighted by molar-refractivity contribution is 6.84.